The first-order valence-electron chi connectivity index (χ1n) is 15.0. The van der Waals surface area contributed by atoms with E-state index in [0.29, 0.717) is 29.2 Å². The normalized spacial score (nSPS) is 17.1. The van der Waals surface area contributed by atoms with Crippen LogP contribution in [0.4, 0.5) is 26.3 Å². The first-order valence-corrected chi connectivity index (χ1v) is 15.3. The van der Waals surface area contributed by atoms with E-state index in [-0.39, 0.29) is 11.1 Å². The molecular formula is C36H33ClF6O. The fraction of sp³-hybridized carbons (Fsp3) is 0.333. The van der Waals surface area contributed by atoms with E-state index >= 15 is 8.78 Å². The maximum atomic E-state index is 15.3. The van der Waals surface area contributed by atoms with Crippen molar-refractivity contribution < 1.29 is 31.1 Å². The molecule has 0 aliphatic heterocycles. The Morgan fingerprint density at radius 3 is 1.91 bits per heavy atom. The van der Waals surface area contributed by atoms with Crippen LogP contribution in [0, 0.1) is 29.2 Å². The van der Waals surface area contributed by atoms with Gasteiger partial charge in [-0.25, -0.2) is 17.6 Å². The Balaban J connectivity index is 1.26. The molecule has 1 saturated carbocycles. The van der Waals surface area contributed by atoms with E-state index in [1.165, 1.54) is 62.8 Å². The maximum absolute atomic E-state index is 15.3. The van der Waals surface area contributed by atoms with Gasteiger partial charge in [0.05, 0.1) is 5.56 Å². The molecule has 0 bridgehead atoms. The highest BCUT2D eigenvalue weighted by molar-refractivity contribution is 6.30. The molecule has 232 valence electrons. The van der Waals surface area contributed by atoms with Gasteiger partial charge in [-0.05, 0) is 78.5 Å². The topological polar surface area (TPSA) is 9.23 Å². The van der Waals surface area contributed by atoms with Gasteiger partial charge in [0.2, 0.25) is 0 Å². The lowest BCUT2D eigenvalue weighted by atomic mass is 9.77. The number of hydrogen-bond acceptors (Lipinski definition) is 1. The van der Waals surface area contributed by atoms with Crippen LogP contribution in [0.3, 0.4) is 0 Å². The molecule has 0 radical (unpaired) electrons. The van der Waals surface area contributed by atoms with E-state index in [1.807, 2.05) is 6.07 Å². The van der Waals surface area contributed by atoms with Gasteiger partial charge in [-0.3, -0.25) is 0 Å². The molecule has 0 heterocycles. The summed E-state index contributed by atoms with van der Waals surface area (Å²) in [7, 11) is 0. The van der Waals surface area contributed by atoms with Crippen LogP contribution in [0.2, 0.25) is 5.02 Å². The first kappa shape index (κ1) is 32.0. The van der Waals surface area contributed by atoms with E-state index < -0.39 is 45.7 Å². The minimum absolute atomic E-state index is 0.138. The van der Waals surface area contributed by atoms with Crippen LogP contribution in [0.1, 0.15) is 75.3 Å². The summed E-state index contributed by atoms with van der Waals surface area (Å²) in [6, 6.07) is 15.2. The number of alkyl halides is 2. The van der Waals surface area contributed by atoms with Gasteiger partial charge in [0.15, 0.2) is 0 Å². The first-order chi connectivity index (χ1) is 21.1. The smallest absolute Gasteiger partial charge is 0.426 e. The Labute approximate surface area is 258 Å². The molecule has 0 unspecified atom stereocenters. The van der Waals surface area contributed by atoms with Crippen molar-refractivity contribution >= 4 is 11.6 Å². The van der Waals surface area contributed by atoms with Crippen LogP contribution >= 0.6 is 11.6 Å². The second-order valence-electron chi connectivity index (χ2n) is 11.5. The van der Waals surface area contributed by atoms with Crippen molar-refractivity contribution in [1.82, 2.24) is 0 Å². The molecule has 1 aliphatic rings. The Morgan fingerprint density at radius 2 is 1.30 bits per heavy atom. The highest BCUT2D eigenvalue weighted by atomic mass is 35.5. The van der Waals surface area contributed by atoms with Crippen molar-refractivity contribution in [1.29, 1.82) is 0 Å². The second-order valence-corrected chi connectivity index (χ2v) is 11.9. The average Bonchev–Trinajstić information content (AvgIpc) is 3.00. The van der Waals surface area contributed by atoms with Crippen molar-refractivity contribution in [3.8, 4) is 28.0 Å². The molecule has 0 amide bonds. The minimum Gasteiger partial charge on any atom is -0.429 e. The van der Waals surface area contributed by atoms with Gasteiger partial charge < -0.3 is 4.74 Å². The fourth-order valence-electron chi connectivity index (χ4n) is 6.05. The van der Waals surface area contributed by atoms with Gasteiger partial charge in [-0.15, -0.1) is 0 Å². The molecule has 44 heavy (non-hydrogen) atoms. The number of hydrogen-bond donors (Lipinski definition) is 0. The molecule has 1 nitrogen and oxygen atoms in total. The molecule has 0 spiro atoms. The van der Waals surface area contributed by atoms with Gasteiger partial charge in [-0.1, -0.05) is 80.6 Å². The van der Waals surface area contributed by atoms with Gasteiger partial charge in [0.25, 0.3) is 0 Å². The van der Waals surface area contributed by atoms with E-state index in [1.54, 1.807) is 18.2 Å². The summed E-state index contributed by atoms with van der Waals surface area (Å²) in [5.74, 6) is -3.19. The zero-order chi connectivity index (χ0) is 31.4. The quantitative estimate of drug-likeness (QED) is 0.0962. The zero-order valence-corrected chi connectivity index (χ0v) is 25.0. The molecule has 5 rings (SSSR count). The Hall–Kier alpha value is -3.45. The highest BCUT2D eigenvalue weighted by Crippen LogP contribution is 2.40. The predicted molar refractivity (Wildman–Crippen MR) is 162 cm³/mol. The van der Waals surface area contributed by atoms with E-state index in [4.69, 9.17) is 11.6 Å². The maximum Gasteiger partial charge on any atom is 0.426 e. The van der Waals surface area contributed by atoms with Gasteiger partial charge in [-0.2, -0.15) is 8.78 Å². The van der Waals surface area contributed by atoms with Crippen LogP contribution in [0.15, 0.2) is 72.8 Å². The van der Waals surface area contributed by atoms with Gasteiger partial charge in [0.1, 0.15) is 34.0 Å². The lowest BCUT2D eigenvalue weighted by Gasteiger charge is -2.29. The standard InChI is InChI=1S/C36H33ClF6O/c1-2-3-4-5-22-6-8-23(9-7-22)25-12-16-30(31(38)18-25)26-13-17-29(32(39)19-26)24-10-14-27(15-11-24)36(42,43)44-28-20-33(40)35(37)34(41)21-28/h10-23H,2-9H2,1H3. The van der Waals surface area contributed by atoms with Crippen molar-refractivity contribution in [2.24, 2.45) is 5.92 Å². The lowest BCUT2D eigenvalue weighted by Crippen LogP contribution is -2.22. The fourth-order valence-corrected chi connectivity index (χ4v) is 6.15. The van der Waals surface area contributed by atoms with Crippen LogP contribution in [-0.4, -0.2) is 0 Å². The van der Waals surface area contributed by atoms with E-state index in [2.05, 4.69) is 11.7 Å². The van der Waals surface area contributed by atoms with E-state index in [0.717, 1.165) is 36.5 Å². The number of ether oxygens (including phenoxy) is 1. The molecule has 4 aromatic rings. The number of benzene rings is 4. The zero-order valence-electron chi connectivity index (χ0n) is 24.3. The minimum atomic E-state index is -3.94. The third kappa shape index (κ3) is 7.26. The van der Waals surface area contributed by atoms with Gasteiger partial charge >= 0.3 is 6.11 Å². The predicted octanol–water partition coefficient (Wildman–Crippen LogP) is 12.2. The number of halogens is 7. The summed E-state index contributed by atoms with van der Waals surface area (Å²) >= 11 is 5.39. The lowest BCUT2D eigenvalue weighted by molar-refractivity contribution is -0.185. The SMILES string of the molecule is CCCCCC1CCC(c2ccc(-c3ccc(-c4ccc(C(F)(F)Oc5cc(F)c(Cl)c(F)c5)cc4)c(F)c3)c(F)c2)CC1. The molecule has 1 aliphatic carbocycles. The van der Waals surface area contributed by atoms with Crippen LogP contribution in [0.5, 0.6) is 5.75 Å². The summed E-state index contributed by atoms with van der Waals surface area (Å²) in [6.07, 6.45) is 5.53. The average molecular weight is 631 g/mol. The van der Waals surface area contributed by atoms with Crippen molar-refractivity contribution in [2.45, 2.75) is 70.3 Å². The molecule has 4 aromatic carbocycles. The molecule has 1 fully saturated rings. The summed E-state index contributed by atoms with van der Waals surface area (Å²) < 4.78 is 91.7. The Kier molecular flexibility index (Phi) is 9.94. The third-order valence-electron chi connectivity index (χ3n) is 8.54. The van der Waals surface area contributed by atoms with Gasteiger partial charge in [0, 0.05) is 23.3 Å². The Morgan fingerprint density at radius 1 is 0.705 bits per heavy atom. The largest absolute Gasteiger partial charge is 0.429 e. The monoisotopic (exact) mass is 630 g/mol. The summed E-state index contributed by atoms with van der Waals surface area (Å²) in [5.41, 5.74) is 1.46. The molecular weight excluding hydrogens is 598 g/mol. The van der Waals surface area contributed by atoms with Crippen molar-refractivity contribution in [3.63, 3.8) is 0 Å². The molecule has 0 atom stereocenters. The number of unbranched alkanes of at least 4 members (excludes halogenated alkanes) is 2. The van der Waals surface area contributed by atoms with Crippen LogP contribution in [0.25, 0.3) is 22.3 Å². The van der Waals surface area contributed by atoms with Crippen LogP contribution < -0.4 is 4.74 Å². The summed E-state index contributed by atoms with van der Waals surface area (Å²) in [6.45, 7) is 2.21. The molecule has 8 heteroatoms. The summed E-state index contributed by atoms with van der Waals surface area (Å²) in [4.78, 5) is 0. The molecule has 0 saturated heterocycles. The summed E-state index contributed by atoms with van der Waals surface area (Å²) in [5, 5.41) is -0.830. The number of rotatable bonds is 10. The highest BCUT2D eigenvalue weighted by Gasteiger charge is 2.35. The molecule has 0 aromatic heterocycles. The van der Waals surface area contributed by atoms with Crippen molar-refractivity contribution in [3.05, 3.63) is 112 Å². The molecule has 0 N–H and O–H groups in total. The van der Waals surface area contributed by atoms with E-state index in [9.17, 15) is 17.6 Å². The third-order valence-corrected chi connectivity index (χ3v) is 8.90. The van der Waals surface area contributed by atoms with Crippen LogP contribution in [-0.2, 0) is 6.11 Å². The Bertz CT molecular complexity index is 1570. The van der Waals surface area contributed by atoms with Crippen molar-refractivity contribution in [2.75, 3.05) is 0 Å². The second kappa shape index (κ2) is 13.7.